The number of nitrogens with one attached hydrogen (secondary N) is 1. The summed E-state index contributed by atoms with van der Waals surface area (Å²) < 4.78 is 0. The summed E-state index contributed by atoms with van der Waals surface area (Å²) in [7, 11) is 0. The number of nitrogens with zero attached hydrogens (tertiary/aromatic N) is 2. The predicted octanol–water partition coefficient (Wildman–Crippen LogP) is 5.11. The molecule has 0 saturated heterocycles. The lowest BCUT2D eigenvalue weighted by Gasteiger charge is -2.09. The lowest BCUT2D eigenvalue weighted by Crippen LogP contribution is -2.15. The van der Waals surface area contributed by atoms with Gasteiger partial charge in [0, 0.05) is 11.3 Å². The van der Waals surface area contributed by atoms with E-state index in [1.807, 2.05) is 38.1 Å². The highest BCUT2D eigenvalue weighted by Gasteiger charge is 2.09. The van der Waals surface area contributed by atoms with Crippen molar-refractivity contribution in [2.24, 2.45) is 0 Å². The number of amides is 1. The minimum atomic E-state index is -0.0487. The van der Waals surface area contributed by atoms with Gasteiger partial charge in [-0.15, -0.1) is 10.2 Å². The quantitative estimate of drug-likeness (QED) is 0.628. The average molecular weight is 378 g/mol. The average Bonchev–Trinajstić information content (AvgIpc) is 2.65. The maximum Gasteiger partial charge on any atom is 0.234 e. The Kier molecular flexibility index (Phi) is 5.91. The maximum atomic E-state index is 12.2. The summed E-state index contributed by atoms with van der Waals surface area (Å²) in [5, 5.41) is 12.3. The van der Waals surface area contributed by atoms with Crippen molar-refractivity contribution in [1.29, 1.82) is 0 Å². The van der Waals surface area contributed by atoms with Crippen molar-refractivity contribution in [2.45, 2.75) is 32.7 Å². The van der Waals surface area contributed by atoms with Gasteiger partial charge in [-0.1, -0.05) is 47.2 Å². The van der Waals surface area contributed by atoms with E-state index in [2.05, 4.69) is 53.6 Å². The van der Waals surface area contributed by atoms with Crippen molar-refractivity contribution in [1.82, 2.24) is 10.2 Å². The van der Waals surface area contributed by atoms with Crippen LogP contribution in [-0.4, -0.2) is 21.9 Å². The van der Waals surface area contributed by atoms with Crippen LogP contribution in [0.15, 0.2) is 53.6 Å². The fourth-order valence-corrected chi connectivity index (χ4v) is 3.45. The summed E-state index contributed by atoms with van der Waals surface area (Å²) in [6.45, 7) is 8.16. The third-order valence-corrected chi connectivity index (χ3v) is 5.24. The number of aromatic nitrogens is 2. The molecule has 0 spiro atoms. The summed E-state index contributed by atoms with van der Waals surface area (Å²) in [6, 6.07) is 16.2. The van der Waals surface area contributed by atoms with Gasteiger partial charge in [-0.3, -0.25) is 4.79 Å². The Balaban J connectivity index is 1.61. The Morgan fingerprint density at radius 1 is 0.889 bits per heavy atom. The third kappa shape index (κ3) is 4.95. The Labute approximate surface area is 164 Å². The predicted molar refractivity (Wildman–Crippen MR) is 112 cm³/mol. The van der Waals surface area contributed by atoms with Crippen LogP contribution in [0.2, 0.25) is 0 Å². The number of carbonyl (C=O) groups excluding carboxylic acids is 1. The van der Waals surface area contributed by atoms with E-state index < -0.39 is 0 Å². The van der Waals surface area contributed by atoms with Crippen molar-refractivity contribution in [3.63, 3.8) is 0 Å². The van der Waals surface area contributed by atoms with Gasteiger partial charge in [-0.05, 0) is 63.1 Å². The first-order chi connectivity index (χ1) is 12.9. The van der Waals surface area contributed by atoms with Gasteiger partial charge in [0.05, 0.1) is 11.4 Å². The SMILES string of the molecule is Cc1ccc(NC(=O)CSc2ccc(-c3cc(C)ccc3C)nn2)c(C)c1. The molecule has 1 amide bonds. The van der Waals surface area contributed by atoms with Crippen molar-refractivity contribution >= 4 is 23.4 Å². The molecule has 1 N–H and O–H groups in total. The third-order valence-electron chi connectivity index (χ3n) is 4.32. The van der Waals surface area contributed by atoms with Gasteiger partial charge in [0.2, 0.25) is 5.91 Å². The maximum absolute atomic E-state index is 12.2. The molecule has 0 aliphatic rings. The standard InChI is InChI=1S/C22H23N3OS/c1-14-6-8-19(17(4)11-14)23-21(26)13-27-22-10-9-20(24-25-22)18-12-15(2)5-7-16(18)3/h5-12H,13H2,1-4H3,(H,23,26). The smallest absolute Gasteiger partial charge is 0.234 e. The topological polar surface area (TPSA) is 54.9 Å². The molecule has 3 aromatic rings. The van der Waals surface area contributed by atoms with Crippen LogP contribution in [0.25, 0.3) is 11.3 Å². The fourth-order valence-electron chi connectivity index (χ4n) is 2.83. The molecule has 0 aliphatic carbocycles. The minimum Gasteiger partial charge on any atom is -0.325 e. The van der Waals surface area contributed by atoms with Gasteiger partial charge in [0.1, 0.15) is 5.03 Å². The van der Waals surface area contributed by atoms with Gasteiger partial charge in [-0.25, -0.2) is 0 Å². The zero-order chi connectivity index (χ0) is 19.4. The first-order valence-corrected chi connectivity index (χ1v) is 9.82. The van der Waals surface area contributed by atoms with Crippen LogP contribution < -0.4 is 5.32 Å². The van der Waals surface area contributed by atoms with Gasteiger partial charge in [0.25, 0.3) is 0 Å². The summed E-state index contributed by atoms with van der Waals surface area (Å²) in [5.41, 5.74) is 7.39. The normalized spacial score (nSPS) is 10.7. The van der Waals surface area contributed by atoms with Crippen molar-refractivity contribution in [2.75, 3.05) is 11.1 Å². The van der Waals surface area contributed by atoms with E-state index in [0.29, 0.717) is 5.75 Å². The van der Waals surface area contributed by atoms with Crippen LogP contribution in [0.1, 0.15) is 22.3 Å². The molecule has 0 aliphatic heterocycles. The highest BCUT2D eigenvalue weighted by molar-refractivity contribution is 7.99. The van der Waals surface area contributed by atoms with E-state index in [9.17, 15) is 4.79 Å². The van der Waals surface area contributed by atoms with Crippen molar-refractivity contribution in [3.8, 4) is 11.3 Å². The summed E-state index contributed by atoms with van der Waals surface area (Å²) in [6.07, 6.45) is 0. The Morgan fingerprint density at radius 3 is 2.33 bits per heavy atom. The number of hydrogen-bond acceptors (Lipinski definition) is 4. The molecule has 0 bridgehead atoms. The number of anilines is 1. The number of benzene rings is 2. The van der Waals surface area contributed by atoms with E-state index in [1.54, 1.807) is 0 Å². The highest BCUT2D eigenvalue weighted by atomic mass is 32.2. The van der Waals surface area contributed by atoms with E-state index in [4.69, 9.17) is 0 Å². The van der Waals surface area contributed by atoms with Crippen molar-refractivity contribution < 1.29 is 4.79 Å². The Hall–Kier alpha value is -2.66. The molecule has 0 saturated carbocycles. The number of thioether (sulfide) groups is 1. The zero-order valence-electron chi connectivity index (χ0n) is 16.0. The Bertz CT molecular complexity index is 968. The van der Waals surface area contributed by atoms with Crippen LogP contribution in [0.3, 0.4) is 0 Å². The summed E-state index contributed by atoms with van der Waals surface area (Å²) in [5.74, 6) is 0.248. The summed E-state index contributed by atoms with van der Waals surface area (Å²) in [4.78, 5) is 12.2. The van der Waals surface area contributed by atoms with E-state index in [0.717, 1.165) is 27.5 Å². The van der Waals surface area contributed by atoms with Gasteiger partial charge in [-0.2, -0.15) is 0 Å². The molecule has 0 fully saturated rings. The molecular formula is C22H23N3OS. The molecule has 3 rings (SSSR count). The highest BCUT2D eigenvalue weighted by Crippen LogP contribution is 2.24. The lowest BCUT2D eigenvalue weighted by atomic mass is 10.0. The number of carbonyl (C=O) groups is 1. The van der Waals surface area contributed by atoms with Crippen LogP contribution >= 0.6 is 11.8 Å². The molecule has 0 atom stereocenters. The molecule has 5 heteroatoms. The van der Waals surface area contributed by atoms with E-state index >= 15 is 0 Å². The summed E-state index contributed by atoms with van der Waals surface area (Å²) >= 11 is 1.38. The fraction of sp³-hybridized carbons (Fsp3) is 0.227. The number of rotatable bonds is 5. The molecule has 4 nitrogen and oxygen atoms in total. The first kappa shape index (κ1) is 19.1. The van der Waals surface area contributed by atoms with Gasteiger partial charge < -0.3 is 5.32 Å². The largest absolute Gasteiger partial charge is 0.325 e. The van der Waals surface area contributed by atoms with Crippen molar-refractivity contribution in [3.05, 3.63) is 70.8 Å². The number of hydrogen-bond donors (Lipinski definition) is 1. The molecular weight excluding hydrogens is 354 g/mol. The van der Waals surface area contributed by atoms with Crippen LogP contribution in [0.5, 0.6) is 0 Å². The second-order valence-corrected chi connectivity index (χ2v) is 7.73. The number of aryl methyl sites for hydroxylation is 4. The lowest BCUT2D eigenvalue weighted by molar-refractivity contribution is -0.113. The second-order valence-electron chi connectivity index (χ2n) is 6.73. The molecule has 138 valence electrons. The zero-order valence-corrected chi connectivity index (χ0v) is 16.9. The monoisotopic (exact) mass is 377 g/mol. The molecule has 1 heterocycles. The van der Waals surface area contributed by atoms with Gasteiger partial charge in [0.15, 0.2) is 0 Å². The second kappa shape index (κ2) is 8.35. The van der Waals surface area contributed by atoms with Crippen LogP contribution in [0.4, 0.5) is 5.69 Å². The minimum absolute atomic E-state index is 0.0487. The van der Waals surface area contributed by atoms with E-state index in [-0.39, 0.29) is 5.91 Å². The van der Waals surface area contributed by atoms with E-state index in [1.165, 1.54) is 28.5 Å². The van der Waals surface area contributed by atoms with Crippen LogP contribution in [0, 0.1) is 27.7 Å². The van der Waals surface area contributed by atoms with Gasteiger partial charge >= 0.3 is 0 Å². The molecule has 0 unspecified atom stereocenters. The van der Waals surface area contributed by atoms with Crippen LogP contribution in [-0.2, 0) is 4.79 Å². The first-order valence-electron chi connectivity index (χ1n) is 8.83. The Morgan fingerprint density at radius 2 is 1.63 bits per heavy atom. The molecule has 1 aromatic heterocycles. The molecule has 0 radical (unpaired) electrons. The molecule has 27 heavy (non-hydrogen) atoms. The molecule has 2 aromatic carbocycles.